The molecule has 2 nitrogen and oxygen atoms in total. The topological polar surface area (TPSA) is 20.3 Å². The van der Waals surface area contributed by atoms with Crippen LogP contribution in [0.1, 0.15) is 54.6 Å². The van der Waals surface area contributed by atoms with E-state index in [2.05, 4.69) is 31.7 Å². The Morgan fingerprint density at radius 1 is 1.30 bits per heavy atom. The van der Waals surface area contributed by atoms with E-state index in [9.17, 15) is 4.79 Å². The number of rotatable bonds is 4. The van der Waals surface area contributed by atoms with Gasteiger partial charge in [-0.05, 0) is 56.2 Å². The predicted octanol–water partition coefficient (Wildman–Crippen LogP) is 5.54. The third-order valence-electron chi connectivity index (χ3n) is 4.41. The first-order valence-corrected chi connectivity index (χ1v) is 8.42. The lowest BCUT2D eigenvalue weighted by Gasteiger charge is -2.27. The number of hydrogen-bond acceptors (Lipinski definition) is 1. The van der Waals surface area contributed by atoms with Crippen LogP contribution in [0, 0.1) is 19.8 Å². The SMILES string of the molecule is C=C(CC)N(C(=O)c1c(C)cccc1C)C1=C[C@H](C)CCC=C1. The van der Waals surface area contributed by atoms with Gasteiger partial charge in [-0.25, -0.2) is 0 Å². The fraction of sp³-hybridized carbons (Fsp3) is 0.381. The smallest absolute Gasteiger partial charge is 0.263 e. The molecule has 0 saturated carbocycles. The van der Waals surface area contributed by atoms with Gasteiger partial charge in [0.25, 0.3) is 5.91 Å². The van der Waals surface area contributed by atoms with Crippen molar-refractivity contribution in [3.8, 4) is 0 Å². The van der Waals surface area contributed by atoms with Gasteiger partial charge in [0.05, 0.1) is 0 Å². The molecule has 1 aromatic rings. The maximum atomic E-state index is 13.3. The molecule has 1 aliphatic rings. The number of benzene rings is 1. The first-order valence-electron chi connectivity index (χ1n) is 8.42. The number of allylic oxidation sites excluding steroid dienone is 4. The van der Waals surface area contributed by atoms with Crippen molar-refractivity contribution in [2.75, 3.05) is 0 Å². The molecule has 122 valence electrons. The number of carbonyl (C=O) groups is 1. The molecular formula is C21H27NO. The molecule has 0 saturated heterocycles. The zero-order valence-electron chi connectivity index (χ0n) is 14.7. The van der Waals surface area contributed by atoms with Gasteiger partial charge in [0.15, 0.2) is 0 Å². The third-order valence-corrected chi connectivity index (χ3v) is 4.41. The Labute approximate surface area is 140 Å². The standard InChI is InChI=1S/C21H27NO/c1-6-18(5)22(19-13-8-7-10-15(2)14-19)21(23)20-16(3)11-9-12-17(20)4/h8-9,11-15H,5-7,10H2,1-4H3/t15-/m1/s1. The van der Waals surface area contributed by atoms with Crippen LogP contribution >= 0.6 is 0 Å². The van der Waals surface area contributed by atoms with Gasteiger partial charge in [0.2, 0.25) is 0 Å². The van der Waals surface area contributed by atoms with Gasteiger partial charge in [-0.1, -0.05) is 50.8 Å². The van der Waals surface area contributed by atoms with Gasteiger partial charge in [0.1, 0.15) is 0 Å². The zero-order valence-corrected chi connectivity index (χ0v) is 14.7. The lowest BCUT2D eigenvalue weighted by molar-refractivity contribution is 0.0844. The van der Waals surface area contributed by atoms with Crippen LogP contribution in [0.3, 0.4) is 0 Å². The van der Waals surface area contributed by atoms with Gasteiger partial charge < -0.3 is 0 Å². The number of aryl methyl sites for hydroxylation is 2. The number of carbonyl (C=O) groups excluding carboxylic acids is 1. The van der Waals surface area contributed by atoms with E-state index in [-0.39, 0.29) is 5.91 Å². The van der Waals surface area contributed by atoms with Crippen molar-refractivity contribution in [3.63, 3.8) is 0 Å². The van der Waals surface area contributed by atoms with E-state index in [0.717, 1.165) is 47.3 Å². The summed E-state index contributed by atoms with van der Waals surface area (Å²) in [6, 6.07) is 5.98. The second kappa shape index (κ2) is 7.45. The Bertz CT molecular complexity index is 646. The summed E-state index contributed by atoms with van der Waals surface area (Å²) >= 11 is 0. The first kappa shape index (κ1) is 17.3. The van der Waals surface area contributed by atoms with Crippen LogP contribution < -0.4 is 0 Å². The van der Waals surface area contributed by atoms with E-state index in [1.807, 2.05) is 39.0 Å². The van der Waals surface area contributed by atoms with Crippen LogP contribution in [0.25, 0.3) is 0 Å². The second-order valence-electron chi connectivity index (χ2n) is 6.38. The summed E-state index contributed by atoms with van der Waals surface area (Å²) in [7, 11) is 0. The summed E-state index contributed by atoms with van der Waals surface area (Å²) in [5.41, 5.74) is 4.59. The summed E-state index contributed by atoms with van der Waals surface area (Å²) in [5.74, 6) is 0.482. The number of amides is 1. The van der Waals surface area contributed by atoms with Crippen molar-refractivity contribution in [2.24, 2.45) is 5.92 Å². The number of nitrogens with zero attached hydrogens (tertiary/aromatic N) is 1. The molecule has 0 fully saturated rings. The minimum absolute atomic E-state index is 0.0254. The van der Waals surface area contributed by atoms with Gasteiger partial charge in [-0.15, -0.1) is 0 Å². The van der Waals surface area contributed by atoms with Crippen LogP contribution in [-0.2, 0) is 0 Å². The lowest BCUT2D eigenvalue weighted by Crippen LogP contribution is -2.30. The van der Waals surface area contributed by atoms with Crippen molar-refractivity contribution in [1.82, 2.24) is 4.90 Å². The van der Waals surface area contributed by atoms with E-state index < -0.39 is 0 Å². The highest BCUT2D eigenvalue weighted by atomic mass is 16.2. The predicted molar refractivity (Wildman–Crippen MR) is 97.1 cm³/mol. The Kier molecular flexibility index (Phi) is 5.59. The summed E-state index contributed by atoms with van der Waals surface area (Å²) in [6.45, 7) is 12.4. The summed E-state index contributed by atoms with van der Waals surface area (Å²) in [6.07, 6.45) is 9.32. The average molecular weight is 309 g/mol. The van der Waals surface area contributed by atoms with E-state index in [0.29, 0.717) is 5.92 Å². The molecule has 0 bridgehead atoms. The molecule has 0 unspecified atom stereocenters. The fourth-order valence-corrected chi connectivity index (χ4v) is 3.01. The second-order valence-corrected chi connectivity index (χ2v) is 6.38. The van der Waals surface area contributed by atoms with Crippen molar-refractivity contribution in [3.05, 3.63) is 71.1 Å². The van der Waals surface area contributed by atoms with Gasteiger partial charge >= 0.3 is 0 Å². The normalized spacial score (nSPS) is 17.4. The van der Waals surface area contributed by atoms with Gasteiger partial charge in [-0.3, -0.25) is 9.69 Å². The van der Waals surface area contributed by atoms with Crippen LogP contribution in [0.5, 0.6) is 0 Å². The van der Waals surface area contributed by atoms with Crippen LogP contribution in [0.2, 0.25) is 0 Å². The van der Waals surface area contributed by atoms with E-state index in [4.69, 9.17) is 0 Å². The minimum atomic E-state index is 0.0254. The van der Waals surface area contributed by atoms with E-state index >= 15 is 0 Å². The zero-order chi connectivity index (χ0) is 17.0. The quantitative estimate of drug-likeness (QED) is 0.715. The van der Waals surface area contributed by atoms with Gasteiger partial charge in [-0.2, -0.15) is 0 Å². The fourth-order valence-electron chi connectivity index (χ4n) is 3.01. The molecule has 2 heteroatoms. The maximum Gasteiger partial charge on any atom is 0.263 e. The summed E-state index contributed by atoms with van der Waals surface area (Å²) in [4.78, 5) is 15.1. The van der Waals surface area contributed by atoms with Crippen molar-refractivity contribution in [1.29, 1.82) is 0 Å². The molecule has 0 spiro atoms. The van der Waals surface area contributed by atoms with Gasteiger partial charge in [0, 0.05) is 17.0 Å². The Hall–Kier alpha value is -2.09. The Morgan fingerprint density at radius 3 is 2.57 bits per heavy atom. The lowest BCUT2D eigenvalue weighted by atomic mass is 10.0. The molecule has 2 rings (SSSR count). The average Bonchev–Trinajstić information content (AvgIpc) is 2.71. The molecular weight excluding hydrogens is 282 g/mol. The monoisotopic (exact) mass is 309 g/mol. The highest BCUT2D eigenvalue weighted by Crippen LogP contribution is 2.27. The summed E-state index contributed by atoms with van der Waals surface area (Å²) < 4.78 is 0. The molecule has 0 radical (unpaired) electrons. The maximum absolute atomic E-state index is 13.3. The Morgan fingerprint density at radius 2 is 1.96 bits per heavy atom. The summed E-state index contributed by atoms with van der Waals surface area (Å²) in [5, 5.41) is 0. The van der Waals surface area contributed by atoms with Crippen LogP contribution in [0.15, 0.2) is 54.4 Å². The highest BCUT2D eigenvalue weighted by molar-refractivity contribution is 5.99. The Balaban J connectivity index is 2.51. The largest absolute Gasteiger partial charge is 0.282 e. The van der Waals surface area contributed by atoms with E-state index in [1.54, 1.807) is 4.90 Å². The molecule has 1 atom stereocenters. The molecule has 0 heterocycles. The minimum Gasteiger partial charge on any atom is -0.282 e. The van der Waals surface area contributed by atoms with Crippen LogP contribution in [-0.4, -0.2) is 10.8 Å². The van der Waals surface area contributed by atoms with Crippen LogP contribution in [0.4, 0.5) is 0 Å². The molecule has 1 aromatic carbocycles. The van der Waals surface area contributed by atoms with Crippen molar-refractivity contribution in [2.45, 2.75) is 47.0 Å². The highest BCUT2D eigenvalue weighted by Gasteiger charge is 2.24. The molecule has 0 N–H and O–H groups in total. The molecule has 0 aromatic heterocycles. The molecule has 23 heavy (non-hydrogen) atoms. The van der Waals surface area contributed by atoms with Crippen molar-refractivity contribution >= 4 is 5.91 Å². The molecule has 1 amide bonds. The van der Waals surface area contributed by atoms with Crippen molar-refractivity contribution < 1.29 is 4.79 Å². The third kappa shape index (κ3) is 3.82. The first-order chi connectivity index (χ1) is 11.0. The van der Waals surface area contributed by atoms with E-state index in [1.165, 1.54) is 0 Å². The molecule has 1 aliphatic carbocycles. The molecule has 0 aliphatic heterocycles. The number of hydrogen-bond donors (Lipinski definition) is 0.